The number of amides is 1. The van der Waals surface area contributed by atoms with Crippen LogP contribution in [0.4, 0.5) is 0 Å². The smallest absolute Gasteiger partial charge is 0.237 e. The van der Waals surface area contributed by atoms with Gasteiger partial charge in [0, 0.05) is 24.7 Å². The van der Waals surface area contributed by atoms with E-state index in [1.54, 1.807) is 12.1 Å². The minimum Gasteiger partial charge on any atom is -0.353 e. The molecule has 100 valence electrons. The molecule has 1 aromatic rings. The second-order valence-corrected chi connectivity index (χ2v) is 5.01. The Morgan fingerprint density at radius 1 is 1.58 bits per heavy atom. The van der Waals surface area contributed by atoms with Gasteiger partial charge >= 0.3 is 0 Å². The first-order valence-corrected chi connectivity index (χ1v) is 6.73. The highest BCUT2D eigenvalue weighted by Crippen LogP contribution is 2.21. The van der Waals surface area contributed by atoms with E-state index in [4.69, 9.17) is 16.9 Å². The van der Waals surface area contributed by atoms with Gasteiger partial charge in [0.25, 0.3) is 0 Å². The summed E-state index contributed by atoms with van der Waals surface area (Å²) in [5, 5.41) is 12.3. The van der Waals surface area contributed by atoms with Crippen molar-refractivity contribution in [2.45, 2.75) is 25.9 Å². The summed E-state index contributed by atoms with van der Waals surface area (Å²) < 4.78 is 0. The van der Waals surface area contributed by atoms with Crippen LogP contribution in [0.3, 0.4) is 0 Å². The van der Waals surface area contributed by atoms with Crippen molar-refractivity contribution in [2.24, 2.45) is 0 Å². The van der Waals surface area contributed by atoms with Crippen LogP contribution in [-0.2, 0) is 11.3 Å². The van der Waals surface area contributed by atoms with E-state index >= 15 is 0 Å². The van der Waals surface area contributed by atoms with Crippen molar-refractivity contribution in [2.75, 3.05) is 13.1 Å². The monoisotopic (exact) mass is 277 g/mol. The summed E-state index contributed by atoms with van der Waals surface area (Å²) in [6, 6.07) is 7.25. The molecule has 1 N–H and O–H groups in total. The zero-order valence-corrected chi connectivity index (χ0v) is 11.6. The van der Waals surface area contributed by atoms with Crippen LogP contribution < -0.4 is 5.32 Å². The zero-order chi connectivity index (χ0) is 13.8. The molecular formula is C14H16ClN3O. The maximum absolute atomic E-state index is 11.8. The molecule has 1 fully saturated rings. The van der Waals surface area contributed by atoms with Crippen molar-refractivity contribution in [1.82, 2.24) is 10.2 Å². The van der Waals surface area contributed by atoms with Crippen LogP contribution in [-0.4, -0.2) is 29.9 Å². The first-order valence-electron chi connectivity index (χ1n) is 6.36. The number of carbonyl (C=O) groups is 1. The number of benzene rings is 1. The summed E-state index contributed by atoms with van der Waals surface area (Å²) in [4.78, 5) is 13.9. The van der Waals surface area contributed by atoms with Crippen molar-refractivity contribution in [3.63, 3.8) is 0 Å². The molecule has 0 saturated carbocycles. The fourth-order valence-corrected chi connectivity index (χ4v) is 2.60. The number of hydrogen-bond acceptors (Lipinski definition) is 3. The van der Waals surface area contributed by atoms with Crippen molar-refractivity contribution >= 4 is 17.5 Å². The molecule has 0 aliphatic carbocycles. The molecule has 1 atom stereocenters. The fraction of sp³-hybridized carbons (Fsp3) is 0.429. The van der Waals surface area contributed by atoms with Gasteiger partial charge in [-0.1, -0.05) is 24.6 Å². The second kappa shape index (κ2) is 6.05. The molecule has 1 aliphatic heterocycles. The number of nitriles is 1. The van der Waals surface area contributed by atoms with Gasteiger partial charge in [-0.25, -0.2) is 0 Å². The summed E-state index contributed by atoms with van der Waals surface area (Å²) in [5.41, 5.74) is 1.51. The van der Waals surface area contributed by atoms with E-state index in [0.717, 1.165) is 18.5 Å². The largest absolute Gasteiger partial charge is 0.353 e. The number of hydrogen-bond donors (Lipinski definition) is 1. The molecule has 1 heterocycles. The van der Waals surface area contributed by atoms with Gasteiger partial charge in [-0.3, -0.25) is 9.69 Å². The molecule has 5 heteroatoms. The zero-order valence-electron chi connectivity index (χ0n) is 10.8. The van der Waals surface area contributed by atoms with Crippen LogP contribution in [0.5, 0.6) is 0 Å². The Bertz CT molecular complexity index is 524. The SMILES string of the molecule is CCC1C(=O)NCCN1Cc1ccc(C#N)cc1Cl. The van der Waals surface area contributed by atoms with Crippen molar-refractivity contribution in [3.05, 3.63) is 34.3 Å². The van der Waals surface area contributed by atoms with Crippen LogP contribution >= 0.6 is 11.6 Å². The second-order valence-electron chi connectivity index (χ2n) is 4.60. The first-order chi connectivity index (χ1) is 9.15. The number of halogens is 1. The minimum absolute atomic E-state index is 0.0820. The van der Waals surface area contributed by atoms with Crippen molar-refractivity contribution < 1.29 is 4.79 Å². The molecule has 0 aromatic heterocycles. The molecule has 0 spiro atoms. The lowest BCUT2D eigenvalue weighted by atomic mass is 10.1. The Morgan fingerprint density at radius 2 is 2.37 bits per heavy atom. The molecule has 4 nitrogen and oxygen atoms in total. The molecule has 1 aromatic carbocycles. The van der Waals surface area contributed by atoms with E-state index < -0.39 is 0 Å². The molecule has 1 amide bonds. The van der Waals surface area contributed by atoms with E-state index in [0.29, 0.717) is 23.7 Å². The third-order valence-corrected chi connectivity index (χ3v) is 3.74. The van der Waals surface area contributed by atoms with Gasteiger partial charge in [0.2, 0.25) is 5.91 Å². The lowest BCUT2D eigenvalue weighted by Crippen LogP contribution is -2.54. The number of rotatable bonds is 3. The third kappa shape index (κ3) is 3.06. The normalized spacial score (nSPS) is 19.8. The Balaban J connectivity index is 2.16. The molecule has 0 bridgehead atoms. The molecule has 2 rings (SSSR count). The first kappa shape index (κ1) is 13.9. The Hall–Kier alpha value is -1.57. The summed E-state index contributed by atoms with van der Waals surface area (Å²) in [6.07, 6.45) is 0.778. The quantitative estimate of drug-likeness (QED) is 0.918. The van der Waals surface area contributed by atoms with Crippen LogP contribution in [0.15, 0.2) is 18.2 Å². The van der Waals surface area contributed by atoms with Gasteiger partial charge in [-0.05, 0) is 24.1 Å². The highest BCUT2D eigenvalue weighted by Gasteiger charge is 2.28. The van der Waals surface area contributed by atoms with Gasteiger partial charge in [0.15, 0.2) is 0 Å². The molecule has 1 saturated heterocycles. The van der Waals surface area contributed by atoms with E-state index in [9.17, 15) is 4.79 Å². The predicted molar refractivity (Wildman–Crippen MR) is 73.7 cm³/mol. The summed E-state index contributed by atoms with van der Waals surface area (Å²) >= 11 is 6.18. The number of nitrogens with one attached hydrogen (secondary N) is 1. The summed E-state index contributed by atoms with van der Waals surface area (Å²) in [7, 11) is 0. The van der Waals surface area contributed by atoms with Gasteiger partial charge in [0.1, 0.15) is 0 Å². The highest BCUT2D eigenvalue weighted by atomic mass is 35.5. The molecular weight excluding hydrogens is 262 g/mol. The highest BCUT2D eigenvalue weighted by molar-refractivity contribution is 6.31. The molecule has 1 aliphatic rings. The summed E-state index contributed by atoms with van der Waals surface area (Å²) in [5.74, 6) is 0.0820. The van der Waals surface area contributed by atoms with Crippen molar-refractivity contribution in [1.29, 1.82) is 5.26 Å². The van der Waals surface area contributed by atoms with E-state index in [2.05, 4.69) is 16.3 Å². The maximum atomic E-state index is 11.8. The van der Waals surface area contributed by atoms with Crippen LogP contribution in [0.25, 0.3) is 0 Å². The lowest BCUT2D eigenvalue weighted by Gasteiger charge is -2.34. The van der Waals surface area contributed by atoms with Crippen LogP contribution in [0, 0.1) is 11.3 Å². The van der Waals surface area contributed by atoms with Gasteiger partial charge in [-0.15, -0.1) is 0 Å². The number of nitrogens with zero attached hydrogens (tertiary/aromatic N) is 2. The molecule has 1 unspecified atom stereocenters. The Kier molecular flexibility index (Phi) is 4.41. The lowest BCUT2D eigenvalue weighted by molar-refractivity contribution is -0.129. The van der Waals surface area contributed by atoms with Gasteiger partial charge in [0.05, 0.1) is 17.7 Å². The average Bonchev–Trinajstić information content (AvgIpc) is 2.41. The molecule has 0 radical (unpaired) electrons. The number of piperazine rings is 1. The van der Waals surface area contributed by atoms with Crippen molar-refractivity contribution in [3.8, 4) is 6.07 Å². The topological polar surface area (TPSA) is 56.1 Å². The van der Waals surface area contributed by atoms with Gasteiger partial charge in [-0.2, -0.15) is 5.26 Å². The Labute approximate surface area is 118 Å². The predicted octanol–water partition coefficient (Wildman–Crippen LogP) is 1.92. The average molecular weight is 278 g/mol. The standard InChI is InChI=1S/C14H16ClN3O/c1-2-13-14(19)17-5-6-18(13)9-11-4-3-10(8-16)7-12(11)15/h3-4,7,13H,2,5-6,9H2,1H3,(H,17,19). The van der Waals surface area contributed by atoms with Crippen LogP contribution in [0.2, 0.25) is 5.02 Å². The van der Waals surface area contributed by atoms with E-state index in [-0.39, 0.29) is 11.9 Å². The number of carbonyl (C=O) groups excluding carboxylic acids is 1. The Morgan fingerprint density at radius 3 is 3.00 bits per heavy atom. The minimum atomic E-state index is -0.0968. The van der Waals surface area contributed by atoms with Crippen LogP contribution in [0.1, 0.15) is 24.5 Å². The third-order valence-electron chi connectivity index (χ3n) is 3.38. The maximum Gasteiger partial charge on any atom is 0.237 e. The van der Waals surface area contributed by atoms with E-state index in [1.165, 1.54) is 0 Å². The fourth-order valence-electron chi connectivity index (χ4n) is 2.36. The summed E-state index contributed by atoms with van der Waals surface area (Å²) in [6.45, 7) is 4.13. The van der Waals surface area contributed by atoms with Gasteiger partial charge < -0.3 is 5.32 Å². The molecule has 19 heavy (non-hydrogen) atoms. The van der Waals surface area contributed by atoms with E-state index in [1.807, 2.05) is 13.0 Å².